The van der Waals surface area contributed by atoms with Crippen LogP contribution in [0.2, 0.25) is 0 Å². The number of ether oxygens (including phenoxy) is 2. The molecule has 1 N–H and O–H groups in total. The lowest BCUT2D eigenvalue weighted by atomic mass is 10.1. The number of aliphatic imine (C=N–C) groups is 1. The third-order valence-electron chi connectivity index (χ3n) is 5.15. The maximum absolute atomic E-state index is 13.3. The first-order valence-electron chi connectivity index (χ1n) is 9.96. The van der Waals surface area contributed by atoms with Crippen LogP contribution in [0, 0.1) is 0 Å². The summed E-state index contributed by atoms with van der Waals surface area (Å²) in [5.74, 6) is -0.487. The second kappa shape index (κ2) is 9.07. The maximum Gasteiger partial charge on any atom is 0.338 e. The van der Waals surface area contributed by atoms with Crippen molar-refractivity contribution in [2.24, 2.45) is 4.99 Å². The van der Waals surface area contributed by atoms with E-state index in [9.17, 15) is 9.59 Å². The van der Waals surface area contributed by atoms with E-state index in [-0.39, 0.29) is 11.9 Å². The largest absolute Gasteiger partial charge is 0.462 e. The van der Waals surface area contributed by atoms with E-state index in [0.717, 1.165) is 28.8 Å². The zero-order valence-electron chi connectivity index (χ0n) is 16.7. The SMILES string of the molecule is CCOC(=O)c1ccc(N=C2C(=O)N(C[NH+]3CCOCC3)c3ccc(Br)cc32)cc1. The molecule has 0 unspecified atom stereocenters. The molecule has 2 aromatic rings. The van der Waals surface area contributed by atoms with Gasteiger partial charge >= 0.3 is 5.97 Å². The van der Waals surface area contributed by atoms with Crippen LogP contribution in [-0.2, 0) is 14.3 Å². The van der Waals surface area contributed by atoms with Gasteiger partial charge in [0.05, 0.1) is 36.8 Å². The third-order valence-corrected chi connectivity index (χ3v) is 5.65. The van der Waals surface area contributed by atoms with Crippen molar-refractivity contribution in [2.75, 3.05) is 44.5 Å². The number of nitrogens with zero attached hydrogens (tertiary/aromatic N) is 2. The Morgan fingerprint density at radius 2 is 1.93 bits per heavy atom. The molecule has 0 radical (unpaired) electrons. The molecule has 0 bridgehead atoms. The first-order chi connectivity index (χ1) is 14.6. The van der Waals surface area contributed by atoms with Gasteiger partial charge in [-0.25, -0.2) is 9.79 Å². The second-order valence-corrected chi connectivity index (χ2v) is 8.06. The molecule has 2 heterocycles. The summed E-state index contributed by atoms with van der Waals surface area (Å²) in [6, 6.07) is 12.6. The summed E-state index contributed by atoms with van der Waals surface area (Å²) in [6.45, 7) is 5.83. The number of carbonyl (C=O) groups excluding carboxylic acids is 2. The van der Waals surface area contributed by atoms with Gasteiger partial charge in [0.15, 0.2) is 6.67 Å². The van der Waals surface area contributed by atoms with Gasteiger partial charge in [-0.3, -0.25) is 9.69 Å². The molecule has 2 aliphatic heterocycles. The molecule has 1 fully saturated rings. The first kappa shape index (κ1) is 20.7. The van der Waals surface area contributed by atoms with E-state index in [2.05, 4.69) is 20.9 Å². The molecular formula is C22H23BrN3O4+. The fourth-order valence-electron chi connectivity index (χ4n) is 3.61. The van der Waals surface area contributed by atoms with E-state index < -0.39 is 0 Å². The fraction of sp³-hybridized carbons (Fsp3) is 0.318. The lowest BCUT2D eigenvalue weighted by Crippen LogP contribution is -3.15. The van der Waals surface area contributed by atoms with Gasteiger partial charge in [0.2, 0.25) is 0 Å². The Balaban J connectivity index is 1.63. The smallest absolute Gasteiger partial charge is 0.338 e. The number of rotatable bonds is 5. The van der Waals surface area contributed by atoms with Crippen LogP contribution in [0.4, 0.5) is 11.4 Å². The number of carbonyl (C=O) groups is 2. The molecule has 0 atom stereocenters. The molecule has 0 spiro atoms. The Morgan fingerprint density at radius 1 is 1.20 bits per heavy atom. The minimum Gasteiger partial charge on any atom is -0.462 e. The monoisotopic (exact) mass is 472 g/mol. The van der Waals surface area contributed by atoms with E-state index in [0.29, 0.717) is 43.5 Å². The van der Waals surface area contributed by atoms with Crippen LogP contribution < -0.4 is 9.80 Å². The van der Waals surface area contributed by atoms with Crippen LogP contribution in [0.25, 0.3) is 0 Å². The van der Waals surface area contributed by atoms with Crippen LogP contribution in [0.3, 0.4) is 0 Å². The standard InChI is InChI=1S/C22H22BrN3O4/c1-2-30-22(28)15-3-6-17(7-4-15)24-20-18-13-16(23)5-8-19(18)26(21(20)27)14-25-9-11-29-12-10-25/h3-8,13H,2,9-12,14H2,1H3/p+1. The highest BCUT2D eigenvalue weighted by molar-refractivity contribution is 9.10. The summed E-state index contributed by atoms with van der Waals surface area (Å²) in [7, 11) is 0. The summed E-state index contributed by atoms with van der Waals surface area (Å²) in [5, 5.41) is 0. The maximum atomic E-state index is 13.3. The number of anilines is 1. The van der Waals surface area contributed by atoms with Crippen molar-refractivity contribution >= 4 is 44.9 Å². The highest BCUT2D eigenvalue weighted by Crippen LogP contribution is 2.32. The van der Waals surface area contributed by atoms with Crippen LogP contribution in [0.5, 0.6) is 0 Å². The molecule has 7 nitrogen and oxygen atoms in total. The zero-order valence-corrected chi connectivity index (χ0v) is 18.3. The van der Waals surface area contributed by atoms with Gasteiger partial charge in [-0.1, -0.05) is 15.9 Å². The van der Waals surface area contributed by atoms with Gasteiger partial charge in [0.1, 0.15) is 18.8 Å². The lowest BCUT2D eigenvalue weighted by Gasteiger charge is -2.28. The van der Waals surface area contributed by atoms with Crippen molar-refractivity contribution in [3.63, 3.8) is 0 Å². The summed E-state index contributed by atoms with van der Waals surface area (Å²) in [6.07, 6.45) is 0. The lowest BCUT2D eigenvalue weighted by molar-refractivity contribution is -0.906. The van der Waals surface area contributed by atoms with Gasteiger partial charge in [-0.15, -0.1) is 0 Å². The summed E-state index contributed by atoms with van der Waals surface area (Å²) in [4.78, 5) is 32.9. The van der Waals surface area contributed by atoms with Crippen molar-refractivity contribution in [1.29, 1.82) is 0 Å². The molecule has 1 amide bonds. The summed E-state index contributed by atoms with van der Waals surface area (Å²) < 4.78 is 11.3. The Morgan fingerprint density at radius 3 is 2.63 bits per heavy atom. The third kappa shape index (κ3) is 4.30. The first-order valence-corrected chi connectivity index (χ1v) is 10.7. The second-order valence-electron chi connectivity index (χ2n) is 7.14. The molecule has 0 aliphatic carbocycles. The van der Waals surface area contributed by atoms with E-state index >= 15 is 0 Å². The number of nitrogens with one attached hydrogen (secondary N) is 1. The number of amides is 1. The molecular weight excluding hydrogens is 450 g/mol. The van der Waals surface area contributed by atoms with Crippen molar-refractivity contribution in [3.05, 3.63) is 58.1 Å². The van der Waals surface area contributed by atoms with Crippen LogP contribution >= 0.6 is 15.9 Å². The Kier molecular flexibility index (Phi) is 6.26. The molecule has 1 saturated heterocycles. The van der Waals surface area contributed by atoms with Gasteiger partial charge in [-0.05, 0) is 49.4 Å². The van der Waals surface area contributed by atoms with E-state index in [4.69, 9.17) is 9.47 Å². The molecule has 156 valence electrons. The van der Waals surface area contributed by atoms with Gasteiger partial charge < -0.3 is 14.4 Å². The molecule has 2 aliphatic rings. The van der Waals surface area contributed by atoms with E-state index in [1.54, 1.807) is 36.1 Å². The number of esters is 1. The van der Waals surface area contributed by atoms with Crippen molar-refractivity contribution < 1.29 is 24.0 Å². The van der Waals surface area contributed by atoms with E-state index in [1.165, 1.54) is 4.90 Å². The number of fused-ring (bicyclic) bond motifs is 1. The van der Waals surface area contributed by atoms with Crippen molar-refractivity contribution in [3.8, 4) is 0 Å². The average molecular weight is 473 g/mol. The van der Waals surface area contributed by atoms with Gasteiger partial charge in [0.25, 0.3) is 5.91 Å². The van der Waals surface area contributed by atoms with Crippen LogP contribution in [-0.4, -0.2) is 57.2 Å². The highest BCUT2D eigenvalue weighted by Gasteiger charge is 2.36. The Hall–Kier alpha value is -2.55. The molecule has 8 heteroatoms. The quantitative estimate of drug-likeness (QED) is 0.675. The molecule has 4 rings (SSSR count). The van der Waals surface area contributed by atoms with E-state index in [1.807, 2.05) is 18.2 Å². The van der Waals surface area contributed by atoms with Gasteiger partial charge in [0, 0.05) is 10.0 Å². The molecule has 0 saturated carbocycles. The number of hydrogen-bond donors (Lipinski definition) is 1. The normalized spacial score (nSPS) is 18.0. The molecule has 2 aromatic carbocycles. The summed E-state index contributed by atoms with van der Waals surface area (Å²) in [5.41, 5.74) is 3.14. The number of hydrogen-bond acceptors (Lipinski definition) is 5. The Labute approximate surface area is 183 Å². The number of benzene rings is 2. The number of morpholine rings is 1. The van der Waals surface area contributed by atoms with Gasteiger partial charge in [-0.2, -0.15) is 0 Å². The Bertz CT molecular complexity index is 984. The number of quaternary nitrogens is 1. The fourth-order valence-corrected chi connectivity index (χ4v) is 3.97. The van der Waals surface area contributed by atoms with Crippen molar-refractivity contribution in [1.82, 2.24) is 0 Å². The minimum absolute atomic E-state index is 0.114. The highest BCUT2D eigenvalue weighted by atomic mass is 79.9. The zero-order chi connectivity index (χ0) is 21.1. The molecule has 0 aromatic heterocycles. The summed E-state index contributed by atoms with van der Waals surface area (Å²) >= 11 is 3.50. The number of halogens is 1. The van der Waals surface area contributed by atoms with Crippen LogP contribution in [0.15, 0.2) is 51.9 Å². The van der Waals surface area contributed by atoms with Crippen LogP contribution in [0.1, 0.15) is 22.8 Å². The topological polar surface area (TPSA) is 72.6 Å². The minimum atomic E-state index is -0.373. The predicted molar refractivity (Wildman–Crippen MR) is 117 cm³/mol. The average Bonchev–Trinajstić information content (AvgIpc) is 3.00. The molecule has 30 heavy (non-hydrogen) atoms. The predicted octanol–water partition coefficient (Wildman–Crippen LogP) is 1.97. The van der Waals surface area contributed by atoms with Crippen molar-refractivity contribution in [2.45, 2.75) is 6.92 Å².